The van der Waals surface area contributed by atoms with Gasteiger partial charge >= 0.3 is 12.1 Å². The van der Waals surface area contributed by atoms with Crippen molar-refractivity contribution in [3.05, 3.63) is 35.4 Å². The first-order valence-electron chi connectivity index (χ1n) is 10.2. The zero-order valence-electron chi connectivity index (χ0n) is 17.9. The number of nitrogens with zero attached hydrogens (tertiary/aromatic N) is 1. The van der Waals surface area contributed by atoms with Gasteiger partial charge in [-0.1, -0.05) is 12.1 Å². The molecule has 2 aliphatic rings. The van der Waals surface area contributed by atoms with Crippen molar-refractivity contribution in [1.82, 2.24) is 10.2 Å². The molecule has 1 aromatic carbocycles. The Hall–Kier alpha value is -2.64. The topological polar surface area (TPSA) is 84.9 Å². The second kappa shape index (κ2) is 8.24. The lowest BCUT2D eigenvalue weighted by Gasteiger charge is -2.37. The number of methoxy groups -OCH3 is 1. The Morgan fingerprint density at radius 3 is 2.33 bits per heavy atom. The van der Waals surface area contributed by atoms with Gasteiger partial charge in [0.1, 0.15) is 17.8 Å². The van der Waals surface area contributed by atoms with Crippen molar-refractivity contribution in [2.24, 2.45) is 0 Å². The fourth-order valence-corrected chi connectivity index (χ4v) is 3.68. The molecule has 3 rings (SSSR count). The van der Waals surface area contributed by atoms with Crippen LogP contribution in [0.15, 0.2) is 24.3 Å². The highest BCUT2D eigenvalue weighted by atomic mass is 19.1. The van der Waals surface area contributed by atoms with Crippen LogP contribution in [0.25, 0.3) is 0 Å². The summed E-state index contributed by atoms with van der Waals surface area (Å²) in [4.78, 5) is 38.6. The summed E-state index contributed by atoms with van der Waals surface area (Å²) < 4.78 is 24.2. The molecule has 1 saturated carbocycles. The third kappa shape index (κ3) is 4.91. The van der Waals surface area contributed by atoms with Gasteiger partial charge in [0.2, 0.25) is 5.91 Å². The number of hydrogen-bond donors (Lipinski definition) is 1. The fraction of sp³-hybridized carbons (Fsp3) is 0.591. The molecule has 2 amide bonds. The summed E-state index contributed by atoms with van der Waals surface area (Å²) in [6.07, 6.45) is -0.162. The number of hydrogen-bond acceptors (Lipinski definition) is 5. The predicted molar refractivity (Wildman–Crippen MR) is 108 cm³/mol. The standard InChI is InChI=1S/C22H29FN2O5/c1-21(2,3)30-20(28)25-12-9-16(23)13-17(25)18(26)24-22(10-11-22)15-7-5-14(6-8-15)19(27)29-4/h5-8,16-17H,9-13H2,1-4H3,(H,24,26). The quantitative estimate of drug-likeness (QED) is 0.756. The first-order chi connectivity index (χ1) is 14.0. The van der Waals surface area contributed by atoms with E-state index in [0.717, 1.165) is 18.4 Å². The molecular formula is C22H29FN2O5. The number of esters is 1. The molecule has 8 heteroatoms. The molecule has 1 heterocycles. The minimum absolute atomic E-state index is 0.0531. The van der Waals surface area contributed by atoms with Crippen LogP contribution in [0.4, 0.5) is 9.18 Å². The van der Waals surface area contributed by atoms with Crippen LogP contribution < -0.4 is 5.32 Å². The Kier molecular flexibility index (Phi) is 6.06. The van der Waals surface area contributed by atoms with Gasteiger partial charge in [0.25, 0.3) is 0 Å². The molecule has 1 aliphatic heterocycles. The highest BCUT2D eigenvalue weighted by Gasteiger charge is 2.48. The largest absolute Gasteiger partial charge is 0.465 e. The lowest BCUT2D eigenvalue weighted by atomic mass is 9.98. The van der Waals surface area contributed by atoms with Gasteiger partial charge in [-0.15, -0.1) is 0 Å². The van der Waals surface area contributed by atoms with Crippen LogP contribution in [-0.4, -0.2) is 54.3 Å². The average Bonchev–Trinajstić information content (AvgIpc) is 3.46. The number of nitrogens with one attached hydrogen (secondary N) is 1. The molecule has 7 nitrogen and oxygen atoms in total. The number of likely N-dealkylation sites (tertiary alicyclic amines) is 1. The zero-order chi connectivity index (χ0) is 22.1. The van der Waals surface area contributed by atoms with E-state index in [1.807, 2.05) is 0 Å². The van der Waals surface area contributed by atoms with Gasteiger partial charge in [-0.2, -0.15) is 0 Å². The number of ether oxygens (including phenoxy) is 2. The summed E-state index contributed by atoms with van der Waals surface area (Å²) in [5.74, 6) is -0.822. The first kappa shape index (κ1) is 22.1. The second-order valence-electron chi connectivity index (χ2n) is 8.95. The molecule has 1 N–H and O–H groups in total. The lowest BCUT2D eigenvalue weighted by molar-refractivity contribution is -0.129. The maximum absolute atomic E-state index is 14.1. The minimum Gasteiger partial charge on any atom is -0.465 e. The number of benzene rings is 1. The molecule has 0 spiro atoms. The van der Waals surface area contributed by atoms with Crippen molar-refractivity contribution in [1.29, 1.82) is 0 Å². The van der Waals surface area contributed by atoms with Crippen molar-refractivity contribution >= 4 is 18.0 Å². The number of halogens is 1. The molecule has 1 aliphatic carbocycles. The fourth-order valence-electron chi connectivity index (χ4n) is 3.68. The lowest BCUT2D eigenvalue weighted by Crippen LogP contribution is -2.56. The first-order valence-corrected chi connectivity index (χ1v) is 10.2. The summed E-state index contributed by atoms with van der Waals surface area (Å²) in [5, 5.41) is 3.01. The number of piperidine rings is 1. The molecule has 2 atom stereocenters. The number of carbonyl (C=O) groups is 3. The average molecular weight is 420 g/mol. The van der Waals surface area contributed by atoms with Crippen LogP contribution >= 0.6 is 0 Å². The van der Waals surface area contributed by atoms with E-state index in [-0.39, 0.29) is 19.4 Å². The van der Waals surface area contributed by atoms with Crippen LogP contribution in [0.3, 0.4) is 0 Å². The summed E-state index contributed by atoms with van der Waals surface area (Å²) in [5.41, 5.74) is 0.0187. The highest BCUT2D eigenvalue weighted by Crippen LogP contribution is 2.45. The number of rotatable bonds is 4. The van der Waals surface area contributed by atoms with Crippen molar-refractivity contribution in [3.63, 3.8) is 0 Å². The van der Waals surface area contributed by atoms with E-state index in [1.54, 1.807) is 45.0 Å². The predicted octanol–water partition coefficient (Wildman–Crippen LogP) is 3.32. The van der Waals surface area contributed by atoms with E-state index in [2.05, 4.69) is 5.32 Å². The molecule has 2 unspecified atom stereocenters. The van der Waals surface area contributed by atoms with Gasteiger partial charge in [0.15, 0.2) is 0 Å². The van der Waals surface area contributed by atoms with Crippen molar-refractivity contribution in [3.8, 4) is 0 Å². The number of carbonyl (C=O) groups excluding carboxylic acids is 3. The van der Waals surface area contributed by atoms with Gasteiger partial charge in [0.05, 0.1) is 18.2 Å². The monoisotopic (exact) mass is 420 g/mol. The van der Waals surface area contributed by atoms with E-state index in [4.69, 9.17) is 9.47 Å². The van der Waals surface area contributed by atoms with Gasteiger partial charge < -0.3 is 14.8 Å². The van der Waals surface area contributed by atoms with Crippen LogP contribution in [0, 0.1) is 0 Å². The van der Waals surface area contributed by atoms with Crippen LogP contribution in [-0.2, 0) is 19.8 Å². The van der Waals surface area contributed by atoms with Crippen molar-refractivity contribution < 1.29 is 28.2 Å². The normalized spacial score (nSPS) is 22.8. The Balaban J connectivity index is 1.73. The Morgan fingerprint density at radius 2 is 1.80 bits per heavy atom. The second-order valence-corrected chi connectivity index (χ2v) is 8.95. The number of amides is 2. The van der Waals surface area contributed by atoms with Gasteiger partial charge in [-0.25, -0.2) is 14.0 Å². The maximum atomic E-state index is 14.1. The van der Waals surface area contributed by atoms with E-state index in [0.29, 0.717) is 5.56 Å². The molecular weight excluding hydrogens is 391 g/mol. The minimum atomic E-state index is -1.14. The molecule has 2 fully saturated rings. The molecule has 0 bridgehead atoms. The van der Waals surface area contributed by atoms with E-state index >= 15 is 0 Å². The summed E-state index contributed by atoms with van der Waals surface area (Å²) in [6, 6.07) is 5.95. The molecule has 30 heavy (non-hydrogen) atoms. The SMILES string of the molecule is COC(=O)c1ccc(C2(NC(=O)C3CC(F)CCN3C(=O)OC(C)(C)C)CC2)cc1. The van der Waals surface area contributed by atoms with Crippen LogP contribution in [0.2, 0.25) is 0 Å². The third-order valence-electron chi connectivity index (χ3n) is 5.44. The summed E-state index contributed by atoms with van der Waals surface area (Å²) >= 11 is 0. The van der Waals surface area contributed by atoms with Gasteiger partial charge in [-0.05, 0) is 57.7 Å². The van der Waals surface area contributed by atoms with E-state index in [1.165, 1.54) is 12.0 Å². The van der Waals surface area contributed by atoms with Gasteiger partial charge in [0, 0.05) is 13.0 Å². The summed E-state index contributed by atoms with van der Waals surface area (Å²) in [6.45, 7) is 5.38. The molecule has 0 aromatic heterocycles. The maximum Gasteiger partial charge on any atom is 0.410 e. The number of alkyl halides is 1. The molecule has 1 aromatic rings. The third-order valence-corrected chi connectivity index (χ3v) is 5.44. The zero-order valence-corrected chi connectivity index (χ0v) is 17.9. The van der Waals surface area contributed by atoms with Crippen molar-refractivity contribution in [2.75, 3.05) is 13.7 Å². The molecule has 164 valence electrons. The Morgan fingerprint density at radius 1 is 1.17 bits per heavy atom. The van der Waals surface area contributed by atoms with Crippen molar-refractivity contribution in [2.45, 2.75) is 69.8 Å². The highest BCUT2D eigenvalue weighted by molar-refractivity contribution is 5.89. The van der Waals surface area contributed by atoms with Crippen LogP contribution in [0.1, 0.15) is 62.4 Å². The summed E-state index contributed by atoms with van der Waals surface area (Å²) in [7, 11) is 1.32. The Bertz CT molecular complexity index is 814. The van der Waals surface area contributed by atoms with E-state index < -0.39 is 41.3 Å². The molecule has 1 saturated heterocycles. The smallest absolute Gasteiger partial charge is 0.410 e. The molecule has 0 radical (unpaired) electrons. The van der Waals surface area contributed by atoms with E-state index in [9.17, 15) is 18.8 Å². The Labute approximate surface area is 175 Å². The van der Waals surface area contributed by atoms with Crippen LogP contribution in [0.5, 0.6) is 0 Å². The van der Waals surface area contributed by atoms with Gasteiger partial charge in [-0.3, -0.25) is 9.69 Å².